The summed E-state index contributed by atoms with van der Waals surface area (Å²) < 4.78 is 0. The van der Waals surface area contributed by atoms with Crippen LogP contribution in [0, 0.1) is 11.3 Å². The predicted molar refractivity (Wildman–Crippen MR) is 232 cm³/mol. The van der Waals surface area contributed by atoms with Gasteiger partial charge in [-0.3, -0.25) is 4.98 Å². The molecule has 0 saturated carbocycles. The fourth-order valence-electron chi connectivity index (χ4n) is 8.28. The summed E-state index contributed by atoms with van der Waals surface area (Å²) in [7, 11) is 0. The molecule has 0 bridgehead atoms. The molecule has 2 aromatic heterocycles. The van der Waals surface area contributed by atoms with Crippen molar-refractivity contribution in [2.24, 2.45) is 0 Å². The number of fused-ring (bicyclic) bond motifs is 4. The van der Waals surface area contributed by atoms with E-state index in [9.17, 15) is 5.26 Å². The van der Waals surface area contributed by atoms with Crippen LogP contribution in [-0.4, -0.2) is 15.0 Å². The van der Waals surface area contributed by atoms with Crippen LogP contribution < -0.4 is 0 Å². The van der Waals surface area contributed by atoms with Crippen LogP contribution in [0.5, 0.6) is 0 Å². The van der Waals surface area contributed by atoms with Gasteiger partial charge in [0.2, 0.25) is 0 Å². The quantitative estimate of drug-likeness (QED) is 0.171. The molecule has 1 aliphatic carbocycles. The van der Waals surface area contributed by atoms with Crippen LogP contribution in [0.15, 0.2) is 182 Å². The van der Waals surface area contributed by atoms with Crippen molar-refractivity contribution in [3.8, 4) is 84.5 Å². The fourth-order valence-corrected chi connectivity index (χ4v) is 8.28. The van der Waals surface area contributed by atoms with Gasteiger partial charge in [0.15, 0.2) is 5.82 Å². The van der Waals surface area contributed by atoms with Gasteiger partial charge >= 0.3 is 0 Å². The van der Waals surface area contributed by atoms with Gasteiger partial charge in [0, 0.05) is 33.7 Å². The minimum absolute atomic E-state index is 0.221. The molecule has 4 nitrogen and oxygen atoms in total. The summed E-state index contributed by atoms with van der Waals surface area (Å²) in [5, 5.41) is 10.8. The molecule has 0 unspecified atom stereocenters. The molecule has 0 radical (unpaired) electrons. The molecule has 0 spiro atoms. The topological polar surface area (TPSA) is 62.5 Å². The van der Waals surface area contributed by atoms with E-state index in [1.165, 1.54) is 22.3 Å². The van der Waals surface area contributed by atoms with Crippen molar-refractivity contribution in [2.75, 3.05) is 0 Å². The van der Waals surface area contributed by atoms with Crippen LogP contribution >= 0.6 is 0 Å². The Morgan fingerprint density at radius 2 is 1.05 bits per heavy atom. The van der Waals surface area contributed by atoms with E-state index in [1.807, 2.05) is 48.7 Å². The lowest BCUT2D eigenvalue weighted by Gasteiger charge is -2.22. The first-order valence-corrected chi connectivity index (χ1v) is 19.2. The minimum atomic E-state index is -0.221. The van der Waals surface area contributed by atoms with Crippen molar-refractivity contribution >= 4 is 10.9 Å². The Balaban J connectivity index is 1.15. The molecule has 4 heteroatoms. The van der Waals surface area contributed by atoms with Crippen molar-refractivity contribution in [1.29, 1.82) is 5.26 Å². The summed E-state index contributed by atoms with van der Waals surface area (Å²) in [6.45, 7) is 4.55. The third-order valence-corrected chi connectivity index (χ3v) is 11.4. The zero-order valence-electron chi connectivity index (χ0n) is 31.6. The van der Waals surface area contributed by atoms with Gasteiger partial charge < -0.3 is 0 Å². The molecule has 0 amide bonds. The molecule has 0 aliphatic heterocycles. The van der Waals surface area contributed by atoms with Gasteiger partial charge in [-0.05, 0) is 110 Å². The number of hydrogen-bond acceptors (Lipinski definition) is 4. The number of nitrogens with zero attached hydrogens (tertiary/aromatic N) is 4. The maximum Gasteiger partial charge on any atom is 0.160 e. The van der Waals surface area contributed by atoms with E-state index in [1.54, 1.807) is 0 Å². The predicted octanol–water partition coefficient (Wildman–Crippen LogP) is 13.2. The molecule has 2 heterocycles. The van der Waals surface area contributed by atoms with Gasteiger partial charge in [-0.15, -0.1) is 0 Å². The molecule has 0 saturated heterocycles. The number of nitriles is 1. The number of hydrogen-bond donors (Lipinski definition) is 0. The average molecular weight is 729 g/mol. The first kappa shape index (κ1) is 34.0. The standard InChI is InChI=1S/C53H36N4/c1-53(2)47-24-15-34(33-54)26-46(47)45-23-22-40(30-48(45)53)42-27-43(41-21-20-37-14-9-25-55-49(37)31-41)29-44(28-42)51-32-50(56-52(57-51)39-12-7-4-8-13-39)38-18-16-36(17-19-38)35-10-5-3-6-11-35/h3-32H,1-2H3. The molecule has 1 aliphatic rings. The highest BCUT2D eigenvalue weighted by atomic mass is 14.9. The minimum Gasteiger partial charge on any atom is -0.256 e. The molecular weight excluding hydrogens is 693 g/mol. The summed E-state index contributed by atoms with van der Waals surface area (Å²) in [6, 6.07) is 63.9. The fraction of sp³-hybridized carbons (Fsp3) is 0.0566. The largest absolute Gasteiger partial charge is 0.256 e. The summed E-state index contributed by atoms with van der Waals surface area (Å²) in [6.07, 6.45) is 1.84. The number of benzene rings is 7. The van der Waals surface area contributed by atoms with E-state index >= 15 is 0 Å². The molecular formula is C53H36N4. The Morgan fingerprint density at radius 1 is 0.439 bits per heavy atom. The van der Waals surface area contributed by atoms with Gasteiger partial charge in [0.1, 0.15) is 0 Å². The smallest absolute Gasteiger partial charge is 0.160 e. The molecule has 0 fully saturated rings. The number of aromatic nitrogens is 3. The highest BCUT2D eigenvalue weighted by molar-refractivity contribution is 5.89. The molecule has 10 rings (SSSR count). The van der Waals surface area contributed by atoms with Crippen molar-refractivity contribution in [1.82, 2.24) is 15.0 Å². The lowest BCUT2D eigenvalue weighted by Crippen LogP contribution is -2.15. The Kier molecular flexibility index (Phi) is 8.17. The Labute approximate surface area is 332 Å². The van der Waals surface area contributed by atoms with Crippen LogP contribution in [0.25, 0.3) is 89.3 Å². The molecule has 268 valence electrons. The third kappa shape index (κ3) is 6.16. The van der Waals surface area contributed by atoms with Gasteiger partial charge in [-0.2, -0.15) is 5.26 Å². The van der Waals surface area contributed by atoms with E-state index in [-0.39, 0.29) is 5.41 Å². The summed E-state index contributed by atoms with van der Waals surface area (Å²) in [5.41, 5.74) is 17.6. The van der Waals surface area contributed by atoms with E-state index < -0.39 is 0 Å². The zero-order chi connectivity index (χ0) is 38.5. The van der Waals surface area contributed by atoms with Crippen LogP contribution in [0.4, 0.5) is 0 Å². The van der Waals surface area contributed by atoms with E-state index in [2.05, 4.69) is 153 Å². The van der Waals surface area contributed by atoms with Crippen molar-refractivity contribution in [2.45, 2.75) is 19.3 Å². The van der Waals surface area contributed by atoms with Crippen LogP contribution in [0.3, 0.4) is 0 Å². The Bertz CT molecular complexity index is 3030. The third-order valence-electron chi connectivity index (χ3n) is 11.4. The number of rotatable bonds is 6. The molecule has 9 aromatic rings. The SMILES string of the molecule is CC1(C)c2ccc(C#N)cc2-c2ccc(-c3cc(-c4ccc5cccnc5c4)cc(-c4cc(-c5ccc(-c6ccccc6)cc5)nc(-c5ccccc5)n4)c3)cc21. The summed E-state index contributed by atoms with van der Waals surface area (Å²) in [4.78, 5) is 15.1. The Hall–Kier alpha value is -7.48. The maximum absolute atomic E-state index is 9.69. The van der Waals surface area contributed by atoms with Crippen LogP contribution in [0.1, 0.15) is 30.5 Å². The van der Waals surface area contributed by atoms with Crippen LogP contribution in [-0.2, 0) is 5.41 Å². The van der Waals surface area contributed by atoms with Crippen molar-refractivity contribution in [3.05, 3.63) is 199 Å². The van der Waals surface area contributed by atoms with Gasteiger partial charge in [-0.1, -0.05) is 135 Å². The maximum atomic E-state index is 9.69. The lowest BCUT2D eigenvalue weighted by atomic mass is 9.81. The monoisotopic (exact) mass is 728 g/mol. The van der Waals surface area contributed by atoms with Crippen LogP contribution in [0.2, 0.25) is 0 Å². The lowest BCUT2D eigenvalue weighted by molar-refractivity contribution is 0.660. The van der Waals surface area contributed by atoms with Gasteiger partial charge in [0.05, 0.1) is 28.5 Å². The number of pyridine rings is 1. The average Bonchev–Trinajstić information content (AvgIpc) is 3.51. The summed E-state index contributed by atoms with van der Waals surface area (Å²) in [5.74, 6) is 0.672. The normalized spacial score (nSPS) is 12.5. The molecule has 57 heavy (non-hydrogen) atoms. The molecule has 0 N–H and O–H groups in total. The highest BCUT2D eigenvalue weighted by Gasteiger charge is 2.35. The zero-order valence-corrected chi connectivity index (χ0v) is 31.6. The van der Waals surface area contributed by atoms with E-state index in [0.29, 0.717) is 11.4 Å². The van der Waals surface area contributed by atoms with Gasteiger partial charge in [-0.25, -0.2) is 9.97 Å². The first-order valence-electron chi connectivity index (χ1n) is 19.2. The molecule has 0 atom stereocenters. The first-order chi connectivity index (χ1) is 27.9. The second kappa shape index (κ2) is 13.7. The Morgan fingerprint density at radius 3 is 1.79 bits per heavy atom. The highest BCUT2D eigenvalue weighted by Crippen LogP contribution is 2.50. The van der Waals surface area contributed by atoms with Crippen molar-refractivity contribution < 1.29 is 0 Å². The second-order valence-corrected chi connectivity index (χ2v) is 15.2. The second-order valence-electron chi connectivity index (χ2n) is 15.2. The van der Waals surface area contributed by atoms with Crippen molar-refractivity contribution in [3.63, 3.8) is 0 Å². The van der Waals surface area contributed by atoms with Gasteiger partial charge in [0.25, 0.3) is 0 Å². The molecule has 7 aromatic carbocycles. The van der Waals surface area contributed by atoms with E-state index in [4.69, 9.17) is 15.0 Å². The summed E-state index contributed by atoms with van der Waals surface area (Å²) >= 11 is 0. The van der Waals surface area contributed by atoms with E-state index in [0.717, 1.165) is 72.4 Å².